The van der Waals surface area contributed by atoms with E-state index in [2.05, 4.69) is 22.8 Å². The van der Waals surface area contributed by atoms with Crippen LogP contribution in [0.3, 0.4) is 0 Å². The van der Waals surface area contributed by atoms with Crippen molar-refractivity contribution in [2.24, 2.45) is 0 Å². The maximum absolute atomic E-state index is 12.3. The third kappa shape index (κ3) is 5.64. The Balaban J connectivity index is 1.84. The molecule has 1 aliphatic rings. The van der Waals surface area contributed by atoms with Crippen LogP contribution in [-0.4, -0.2) is 42.4 Å². The van der Waals surface area contributed by atoms with E-state index in [9.17, 15) is 9.59 Å². The summed E-state index contributed by atoms with van der Waals surface area (Å²) in [6, 6.07) is 8.38. The van der Waals surface area contributed by atoms with E-state index < -0.39 is 0 Å². The van der Waals surface area contributed by atoms with Crippen LogP contribution >= 0.6 is 0 Å². The van der Waals surface area contributed by atoms with Gasteiger partial charge >= 0.3 is 0 Å². The van der Waals surface area contributed by atoms with E-state index in [4.69, 9.17) is 0 Å². The molecule has 1 aromatic rings. The molecule has 2 N–H and O–H groups in total. The smallest absolute Gasteiger partial charge is 0.234 e. The van der Waals surface area contributed by atoms with Crippen LogP contribution in [0.2, 0.25) is 0 Å². The van der Waals surface area contributed by atoms with Gasteiger partial charge in [-0.2, -0.15) is 0 Å². The second-order valence-corrected chi connectivity index (χ2v) is 7.68. The lowest BCUT2D eigenvalue weighted by Crippen LogP contribution is -2.47. The maximum Gasteiger partial charge on any atom is 0.234 e. The number of likely N-dealkylation sites (N-methyl/N-ethyl adjacent to an activating group) is 1. The van der Waals surface area contributed by atoms with Gasteiger partial charge in [-0.1, -0.05) is 24.3 Å². The van der Waals surface area contributed by atoms with Gasteiger partial charge in [0, 0.05) is 5.54 Å². The summed E-state index contributed by atoms with van der Waals surface area (Å²) in [5.74, 6) is -0.108. The van der Waals surface area contributed by atoms with Gasteiger partial charge in [0.15, 0.2) is 0 Å². The number of benzene rings is 1. The molecular weight excluding hydrogens is 302 g/mol. The minimum absolute atomic E-state index is 0.0391. The fraction of sp³-hybridized carbons (Fsp3) is 0.579. The van der Waals surface area contributed by atoms with Crippen LogP contribution in [0.4, 0.5) is 0 Å². The van der Waals surface area contributed by atoms with Crippen LogP contribution in [0.1, 0.15) is 50.8 Å². The molecule has 0 bridgehead atoms. The summed E-state index contributed by atoms with van der Waals surface area (Å²) in [5.41, 5.74) is 2.30. The van der Waals surface area contributed by atoms with Crippen LogP contribution in [-0.2, 0) is 16.0 Å². The summed E-state index contributed by atoms with van der Waals surface area (Å²) in [6.07, 6.45) is 3.14. The van der Waals surface area contributed by atoms with Crippen molar-refractivity contribution in [2.75, 3.05) is 20.1 Å². The molecule has 0 aliphatic heterocycles. The second-order valence-electron chi connectivity index (χ2n) is 7.68. The van der Waals surface area contributed by atoms with Gasteiger partial charge in [0.05, 0.1) is 19.1 Å². The summed E-state index contributed by atoms with van der Waals surface area (Å²) in [7, 11) is 1.79. The average molecular weight is 331 g/mol. The van der Waals surface area contributed by atoms with Crippen LogP contribution in [0.5, 0.6) is 0 Å². The Labute approximate surface area is 144 Å². The Morgan fingerprint density at radius 2 is 1.83 bits per heavy atom. The van der Waals surface area contributed by atoms with E-state index in [1.54, 1.807) is 11.9 Å². The fourth-order valence-corrected chi connectivity index (χ4v) is 3.15. The van der Waals surface area contributed by atoms with Crippen molar-refractivity contribution in [3.05, 3.63) is 35.4 Å². The van der Waals surface area contributed by atoms with Gasteiger partial charge in [-0.25, -0.2) is 0 Å². The third-order valence-electron chi connectivity index (χ3n) is 4.05. The molecule has 0 aromatic heterocycles. The van der Waals surface area contributed by atoms with Crippen molar-refractivity contribution in [3.8, 4) is 0 Å². The topological polar surface area (TPSA) is 61.4 Å². The highest BCUT2D eigenvalue weighted by atomic mass is 16.2. The normalized spacial score (nSPS) is 17.3. The lowest BCUT2D eigenvalue weighted by atomic mass is 9.88. The highest BCUT2D eigenvalue weighted by molar-refractivity contribution is 5.81. The molecule has 24 heavy (non-hydrogen) atoms. The largest absolute Gasteiger partial charge is 0.350 e. The minimum atomic E-state index is -0.258. The summed E-state index contributed by atoms with van der Waals surface area (Å²) >= 11 is 0. The second kappa shape index (κ2) is 7.79. The van der Waals surface area contributed by atoms with Crippen LogP contribution in [0, 0.1) is 0 Å². The zero-order chi connectivity index (χ0) is 17.7. The van der Waals surface area contributed by atoms with E-state index >= 15 is 0 Å². The Morgan fingerprint density at radius 1 is 1.17 bits per heavy atom. The van der Waals surface area contributed by atoms with E-state index in [1.807, 2.05) is 32.9 Å². The highest BCUT2D eigenvalue weighted by Gasteiger charge is 2.22. The lowest BCUT2D eigenvalue weighted by Gasteiger charge is -2.27. The maximum atomic E-state index is 12.3. The Bertz CT molecular complexity index is 593. The number of hydrogen-bond donors (Lipinski definition) is 2. The lowest BCUT2D eigenvalue weighted by molar-refractivity contribution is -0.125. The van der Waals surface area contributed by atoms with Crippen molar-refractivity contribution >= 4 is 11.8 Å². The molecule has 5 nitrogen and oxygen atoms in total. The number of nitrogens with zero attached hydrogens (tertiary/aromatic N) is 1. The summed E-state index contributed by atoms with van der Waals surface area (Å²) < 4.78 is 0. The van der Waals surface area contributed by atoms with Gasteiger partial charge < -0.3 is 10.6 Å². The predicted octanol–water partition coefficient (Wildman–Crippen LogP) is 2.03. The molecule has 5 heteroatoms. The van der Waals surface area contributed by atoms with Gasteiger partial charge in [0.2, 0.25) is 11.8 Å². The molecule has 2 amide bonds. The van der Waals surface area contributed by atoms with Crippen LogP contribution in [0.25, 0.3) is 0 Å². The van der Waals surface area contributed by atoms with Crippen LogP contribution in [0.15, 0.2) is 24.3 Å². The van der Waals surface area contributed by atoms with Crippen molar-refractivity contribution < 1.29 is 9.59 Å². The minimum Gasteiger partial charge on any atom is -0.350 e. The van der Waals surface area contributed by atoms with Gasteiger partial charge in [-0.3, -0.25) is 14.5 Å². The first-order valence-corrected chi connectivity index (χ1v) is 8.61. The number of hydrogen-bond acceptors (Lipinski definition) is 3. The van der Waals surface area contributed by atoms with E-state index in [-0.39, 0.29) is 36.5 Å². The van der Waals surface area contributed by atoms with Gasteiger partial charge in [-0.05, 0) is 58.2 Å². The molecule has 1 aromatic carbocycles. The molecule has 0 heterocycles. The molecule has 0 radical (unpaired) electrons. The molecule has 0 saturated carbocycles. The first-order chi connectivity index (χ1) is 11.2. The van der Waals surface area contributed by atoms with E-state index in [0.29, 0.717) is 0 Å². The van der Waals surface area contributed by atoms with Gasteiger partial charge in [-0.15, -0.1) is 0 Å². The first-order valence-electron chi connectivity index (χ1n) is 8.61. The number of nitrogens with one attached hydrogen (secondary N) is 2. The zero-order valence-corrected chi connectivity index (χ0v) is 15.2. The summed E-state index contributed by atoms with van der Waals surface area (Å²) in [5, 5.41) is 6.02. The molecule has 2 rings (SSSR count). The van der Waals surface area contributed by atoms with Gasteiger partial charge in [0.25, 0.3) is 0 Å². The molecular formula is C19H29N3O2. The van der Waals surface area contributed by atoms with Crippen molar-refractivity contribution in [1.29, 1.82) is 0 Å². The first kappa shape index (κ1) is 18.5. The SMILES string of the molecule is CN(CC(=O)N[C@H]1CCCc2ccccc21)CC(=O)NC(C)(C)C. The Morgan fingerprint density at radius 3 is 2.54 bits per heavy atom. The predicted molar refractivity (Wildman–Crippen MR) is 95.7 cm³/mol. The van der Waals surface area contributed by atoms with Gasteiger partial charge in [0.1, 0.15) is 0 Å². The molecule has 0 spiro atoms. The fourth-order valence-electron chi connectivity index (χ4n) is 3.15. The third-order valence-corrected chi connectivity index (χ3v) is 4.05. The number of carbonyl (C=O) groups is 2. The number of amides is 2. The molecule has 132 valence electrons. The molecule has 0 unspecified atom stereocenters. The summed E-state index contributed by atoms with van der Waals surface area (Å²) in [6.45, 7) is 6.26. The number of fused-ring (bicyclic) bond motifs is 1. The van der Waals surface area contributed by atoms with Crippen molar-refractivity contribution in [2.45, 2.75) is 51.6 Å². The highest BCUT2D eigenvalue weighted by Crippen LogP contribution is 2.29. The number of rotatable bonds is 5. The molecule has 0 fully saturated rings. The molecule has 0 saturated heterocycles. The summed E-state index contributed by atoms with van der Waals surface area (Å²) in [4.78, 5) is 26.0. The monoisotopic (exact) mass is 331 g/mol. The Kier molecular flexibility index (Phi) is 5.99. The average Bonchev–Trinajstić information content (AvgIpc) is 2.45. The van der Waals surface area contributed by atoms with E-state index in [0.717, 1.165) is 19.3 Å². The quantitative estimate of drug-likeness (QED) is 0.868. The number of aryl methyl sites for hydroxylation is 1. The van der Waals surface area contributed by atoms with Crippen LogP contribution < -0.4 is 10.6 Å². The zero-order valence-electron chi connectivity index (χ0n) is 15.2. The molecule has 1 aliphatic carbocycles. The van der Waals surface area contributed by atoms with Crippen molar-refractivity contribution in [3.63, 3.8) is 0 Å². The van der Waals surface area contributed by atoms with E-state index in [1.165, 1.54) is 11.1 Å². The number of carbonyl (C=O) groups excluding carboxylic acids is 2. The standard InChI is InChI=1S/C19H29N3O2/c1-19(2,3)21-18(24)13-22(4)12-17(23)20-16-11-7-9-14-8-5-6-10-15(14)16/h5-6,8,10,16H,7,9,11-13H2,1-4H3,(H,20,23)(H,21,24)/t16-/m0/s1. The Hall–Kier alpha value is -1.88. The van der Waals surface area contributed by atoms with Crippen molar-refractivity contribution in [1.82, 2.24) is 15.5 Å². The molecule has 1 atom stereocenters.